The van der Waals surface area contributed by atoms with Gasteiger partial charge in [-0.1, -0.05) is 71.6 Å². The van der Waals surface area contributed by atoms with E-state index in [0.29, 0.717) is 0 Å². The summed E-state index contributed by atoms with van der Waals surface area (Å²) in [5.41, 5.74) is 0. The van der Waals surface area contributed by atoms with Crippen LogP contribution in [-0.2, 0) is 0 Å². The van der Waals surface area contributed by atoms with Gasteiger partial charge < -0.3 is 10.4 Å². The number of hydrogen-bond donors (Lipinski definition) is 2. The lowest BCUT2D eigenvalue weighted by Gasteiger charge is -2.11. The van der Waals surface area contributed by atoms with Gasteiger partial charge >= 0.3 is 0 Å². The Kier molecular flexibility index (Phi) is 14.9. The van der Waals surface area contributed by atoms with Crippen LogP contribution in [0, 0.1) is 0 Å². The summed E-state index contributed by atoms with van der Waals surface area (Å²) in [4.78, 5) is 0. The average molecular weight is 257 g/mol. The van der Waals surface area contributed by atoms with E-state index in [1.807, 2.05) is 0 Å². The van der Waals surface area contributed by atoms with Gasteiger partial charge in [0.15, 0.2) is 0 Å². The molecule has 0 aliphatic heterocycles. The number of unbranched alkanes of at least 4 members (excludes halogenated alkanes) is 8. The monoisotopic (exact) mass is 257 g/mol. The molecule has 1 atom stereocenters. The minimum Gasteiger partial charge on any atom is -0.392 e. The van der Waals surface area contributed by atoms with Crippen LogP contribution < -0.4 is 5.32 Å². The van der Waals surface area contributed by atoms with E-state index in [2.05, 4.69) is 19.2 Å². The van der Waals surface area contributed by atoms with Crippen molar-refractivity contribution in [1.29, 1.82) is 0 Å². The fourth-order valence-electron chi connectivity index (χ4n) is 2.21. The van der Waals surface area contributed by atoms with Crippen LogP contribution in [0.25, 0.3) is 0 Å². The van der Waals surface area contributed by atoms with Crippen molar-refractivity contribution in [3.8, 4) is 0 Å². The Morgan fingerprint density at radius 2 is 1.33 bits per heavy atom. The summed E-state index contributed by atoms with van der Waals surface area (Å²) < 4.78 is 0. The molecule has 0 saturated carbocycles. The first-order valence-corrected chi connectivity index (χ1v) is 8.20. The van der Waals surface area contributed by atoms with E-state index in [9.17, 15) is 5.11 Å². The molecule has 18 heavy (non-hydrogen) atoms. The van der Waals surface area contributed by atoms with Gasteiger partial charge in [-0.15, -0.1) is 0 Å². The van der Waals surface area contributed by atoms with Crippen LogP contribution in [0.15, 0.2) is 0 Å². The quantitative estimate of drug-likeness (QED) is 0.456. The largest absolute Gasteiger partial charge is 0.392 e. The highest BCUT2D eigenvalue weighted by Crippen LogP contribution is 2.06. The van der Waals surface area contributed by atoms with Gasteiger partial charge in [-0.2, -0.15) is 0 Å². The maximum atomic E-state index is 9.76. The molecular weight excluding hydrogens is 222 g/mol. The molecule has 0 radical (unpaired) electrons. The van der Waals surface area contributed by atoms with Gasteiger partial charge in [-0.05, 0) is 19.4 Å². The summed E-state index contributed by atoms with van der Waals surface area (Å²) >= 11 is 0. The normalized spacial score (nSPS) is 12.8. The number of rotatable bonds is 14. The van der Waals surface area contributed by atoms with Crippen LogP contribution in [0.4, 0.5) is 0 Å². The second kappa shape index (κ2) is 15.0. The summed E-state index contributed by atoms with van der Waals surface area (Å²) in [6.07, 6.45) is 13.9. The number of aliphatic hydroxyl groups is 1. The van der Waals surface area contributed by atoms with Crippen LogP contribution in [0.3, 0.4) is 0 Å². The Morgan fingerprint density at radius 3 is 2.00 bits per heavy atom. The predicted molar refractivity (Wildman–Crippen MR) is 81.0 cm³/mol. The first kappa shape index (κ1) is 17.9. The summed E-state index contributed by atoms with van der Waals surface area (Å²) in [7, 11) is 0. The molecule has 0 aliphatic carbocycles. The van der Waals surface area contributed by atoms with Crippen molar-refractivity contribution in [2.75, 3.05) is 13.1 Å². The topological polar surface area (TPSA) is 32.3 Å². The maximum Gasteiger partial charge on any atom is 0.0664 e. The number of nitrogens with one attached hydrogen (secondary N) is 1. The minimum atomic E-state index is -0.137. The Labute approximate surface area is 115 Å². The summed E-state index contributed by atoms with van der Waals surface area (Å²) in [6.45, 7) is 6.32. The molecule has 0 amide bonds. The highest BCUT2D eigenvalue weighted by molar-refractivity contribution is 4.60. The Balaban J connectivity index is 3.08. The predicted octanol–water partition coefficient (Wildman–Crippen LogP) is 4.27. The zero-order valence-electron chi connectivity index (χ0n) is 12.7. The van der Waals surface area contributed by atoms with E-state index >= 15 is 0 Å². The minimum absolute atomic E-state index is 0.137. The van der Waals surface area contributed by atoms with Crippen LogP contribution in [0.2, 0.25) is 0 Å². The van der Waals surface area contributed by atoms with E-state index in [4.69, 9.17) is 0 Å². The van der Waals surface area contributed by atoms with Gasteiger partial charge in [0.05, 0.1) is 6.10 Å². The van der Waals surface area contributed by atoms with Crippen LogP contribution >= 0.6 is 0 Å². The Morgan fingerprint density at radius 1 is 0.778 bits per heavy atom. The third kappa shape index (κ3) is 14.0. The Hall–Kier alpha value is -0.0800. The standard InChI is InChI=1S/C16H35NO/c1-3-5-7-9-10-12-14-17-15-16(18)13-11-8-6-4-2/h16-18H,3-15H2,1-2H3. The lowest BCUT2D eigenvalue weighted by atomic mass is 10.1. The molecule has 1 unspecified atom stereocenters. The van der Waals surface area contributed by atoms with Gasteiger partial charge in [0.25, 0.3) is 0 Å². The molecule has 2 nitrogen and oxygen atoms in total. The van der Waals surface area contributed by atoms with Gasteiger partial charge in [-0.25, -0.2) is 0 Å². The lowest BCUT2D eigenvalue weighted by Crippen LogP contribution is -2.27. The summed E-state index contributed by atoms with van der Waals surface area (Å²) in [6, 6.07) is 0. The highest BCUT2D eigenvalue weighted by Gasteiger charge is 2.02. The lowest BCUT2D eigenvalue weighted by molar-refractivity contribution is 0.158. The van der Waals surface area contributed by atoms with Crippen LogP contribution in [0.1, 0.15) is 84.5 Å². The number of hydrogen-bond acceptors (Lipinski definition) is 2. The molecule has 0 aliphatic rings. The SMILES string of the molecule is CCCCCCCCNCC(O)CCCCCC. The second-order valence-electron chi connectivity index (χ2n) is 5.48. The van der Waals surface area contributed by atoms with Gasteiger partial charge in [0.2, 0.25) is 0 Å². The molecule has 0 aromatic carbocycles. The average Bonchev–Trinajstić information content (AvgIpc) is 2.38. The van der Waals surface area contributed by atoms with Crippen molar-refractivity contribution in [3.05, 3.63) is 0 Å². The fraction of sp³-hybridized carbons (Fsp3) is 1.00. The van der Waals surface area contributed by atoms with Crippen molar-refractivity contribution in [1.82, 2.24) is 5.32 Å². The molecule has 0 aromatic rings. The Bertz CT molecular complexity index is 150. The molecule has 0 fully saturated rings. The van der Waals surface area contributed by atoms with Crippen LogP contribution in [-0.4, -0.2) is 24.3 Å². The molecule has 2 heteroatoms. The molecule has 0 bridgehead atoms. The number of aliphatic hydroxyl groups excluding tert-OH is 1. The van der Waals surface area contributed by atoms with E-state index in [0.717, 1.165) is 19.5 Å². The van der Waals surface area contributed by atoms with Crippen LogP contribution in [0.5, 0.6) is 0 Å². The first-order chi connectivity index (χ1) is 8.81. The van der Waals surface area contributed by atoms with Gasteiger partial charge in [0, 0.05) is 6.54 Å². The zero-order chi connectivity index (χ0) is 13.5. The summed E-state index contributed by atoms with van der Waals surface area (Å²) in [5.74, 6) is 0. The second-order valence-corrected chi connectivity index (χ2v) is 5.48. The van der Waals surface area contributed by atoms with Crippen molar-refractivity contribution < 1.29 is 5.11 Å². The molecule has 2 N–H and O–H groups in total. The van der Waals surface area contributed by atoms with Crippen molar-refractivity contribution in [2.24, 2.45) is 0 Å². The van der Waals surface area contributed by atoms with E-state index in [-0.39, 0.29) is 6.10 Å². The van der Waals surface area contributed by atoms with Gasteiger partial charge in [0.1, 0.15) is 0 Å². The maximum absolute atomic E-state index is 9.76. The van der Waals surface area contributed by atoms with E-state index in [1.54, 1.807) is 0 Å². The van der Waals surface area contributed by atoms with Crippen molar-refractivity contribution in [3.63, 3.8) is 0 Å². The molecule has 0 aromatic heterocycles. The molecule has 110 valence electrons. The summed E-state index contributed by atoms with van der Waals surface area (Å²) in [5, 5.41) is 13.1. The molecular formula is C16H35NO. The highest BCUT2D eigenvalue weighted by atomic mass is 16.3. The van der Waals surface area contributed by atoms with Gasteiger partial charge in [-0.3, -0.25) is 0 Å². The van der Waals surface area contributed by atoms with E-state index < -0.39 is 0 Å². The van der Waals surface area contributed by atoms with E-state index in [1.165, 1.54) is 64.2 Å². The third-order valence-electron chi connectivity index (χ3n) is 3.48. The zero-order valence-corrected chi connectivity index (χ0v) is 12.7. The molecule has 0 saturated heterocycles. The third-order valence-corrected chi connectivity index (χ3v) is 3.48. The molecule has 0 rings (SSSR count). The molecule has 0 spiro atoms. The molecule has 0 heterocycles. The fourth-order valence-corrected chi connectivity index (χ4v) is 2.21. The van der Waals surface area contributed by atoms with Crippen molar-refractivity contribution >= 4 is 0 Å². The first-order valence-electron chi connectivity index (χ1n) is 8.20. The smallest absolute Gasteiger partial charge is 0.0664 e. The van der Waals surface area contributed by atoms with Crippen molar-refractivity contribution in [2.45, 2.75) is 90.6 Å².